The summed E-state index contributed by atoms with van der Waals surface area (Å²) in [6.45, 7) is 6.83. The lowest BCUT2D eigenvalue weighted by atomic mass is 10.3. The first-order valence-electron chi connectivity index (χ1n) is 8.53. The Labute approximate surface area is 155 Å². The molecule has 3 heterocycles. The van der Waals surface area contributed by atoms with Gasteiger partial charge in [-0.2, -0.15) is 4.98 Å². The number of nitrogens with zero attached hydrogens (tertiary/aromatic N) is 6. The van der Waals surface area contributed by atoms with E-state index in [9.17, 15) is 0 Å². The van der Waals surface area contributed by atoms with Crippen LogP contribution >= 0.6 is 11.8 Å². The minimum absolute atomic E-state index is 0.0274. The van der Waals surface area contributed by atoms with Crippen molar-refractivity contribution in [2.75, 3.05) is 31.2 Å². The van der Waals surface area contributed by atoms with Gasteiger partial charge in [-0.05, 0) is 26.0 Å². The first kappa shape index (κ1) is 17.0. The van der Waals surface area contributed by atoms with Crippen LogP contribution in [0.2, 0.25) is 0 Å². The Morgan fingerprint density at radius 3 is 2.58 bits per heavy atom. The second-order valence-corrected chi connectivity index (χ2v) is 7.30. The van der Waals surface area contributed by atoms with Crippen molar-refractivity contribution in [3.63, 3.8) is 0 Å². The molecule has 1 unspecified atom stereocenters. The van der Waals surface area contributed by atoms with E-state index >= 15 is 0 Å². The Kier molecular flexibility index (Phi) is 4.89. The van der Waals surface area contributed by atoms with E-state index in [1.54, 1.807) is 11.8 Å². The Balaban J connectivity index is 1.68. The summed E-state index contributed by atoms with van der Waals surface area (Å²) in [5, 5.41) is 13.5. The first-order chi connectivity index (χ1) is 12.7. The van der Waals surface area contributed by atoms with Crippen molar-refractivity contribution in [2.24, 2.45) is 0 Å². The number of para-hydroxylation sites is 1. The summed E-state index contributed by atoms with van der Waals surface area (Å²) in [6.07, 6.45) is 0. The number of hydrogen-bond donors (Lipinski definition) is 0. The molecule has 0 N–H and O–H groups in total. The van der Waals surface area contributed by atoms with Crippen LogP contribution in [0.25, 0.3) is 5.69 Å². The normalized spacial score (nSPS) is 16.0. The van der Waals surface area contributed by atoms with Crippen LogP contribution in [-0.4, -0.2) is 51.2 Å². The largest absolute Gasteiger partial charge is 0.378 e. The van der Waals surface area contributed by atoms with Crippen molar-refractivity contribution in [3.8, 4) is 5.69 Å². The Bertz CT molecular complexity index is 859. The molecular formula is C17H20N6O2S. The minimum Gasteiger partial charge on any atom is -0.378 e. The van der Waals surface area contributed by atoms with Crippen LogP contribution < -0.4 is 4.90 Å². The number of ether oxygens (including phenoxy) is 1. The molecule has 1 fully saturated rings. The first-order valence-corrected chi connectivity index (χ1v) is 9.41. The van der Waals surface area contributed by atoms with Gasteiger partial charge in [-0.1, -0.05) is 35.1 Å². The molecule has 3 aromatic rings. The Morgan fingerprint density at radius 1 is 1.12 bits per heavy atom. The smallest absolute Gasteiger partial charge is 0.239 e. The molecule has 1 aliphatic rings. The molecule has 0 aliphatic carbocycles. The van der Waals surface area contributed by atoms with E-state index in [4.69, 9.17) is 9.26 Å². The van der Waals surface area contributed by atoms with Gasteiger partial charge in [-0.25, -0.2) is 0 Å². The summed E-state index contributed by atoms with van der Waals surface area (Å²) in [7, 11) is 0. The number of aryl methyl sites for hydroxylation is 1. The van der Waals surface area contributed by atoms with Gasteiger partial charge in [0.1, 0.15) is 0 Å². The lowest BCUT2D eigenvalue weighted by molar-refractivity contribution is 0.122. The van der Waals surface area contributed by atoms with Gasteiger partial charge in [-0.3, -0.25) is 4.57 Å². The van der Waals surface area contributed by atoms with Crippen LogP contribution in [0.1, 0.15) is 23.9 Å². The number of rotatable bonds is 5. The standard InChI is InChI=1S/C17H20N6O2S/c1-12(15-18-13(2)21-25-15)26-17-20-19-16(22-8-10-24-11-9-22)23(17)14-6-4-3-5-7-14/h3-7,12H,8-11H2,1-2H3. The van der Waals surface area contributed by atoms with E-state index in [-0.39, 0.29) is 5.25 Å². The van der Waals surface area contributed by atoms with Crippen LogP contribution in [-0.2, 0) is 4.74 Å². The molecule has 0 bridgehead atoms. The van der Waals surface area contributed by atoms with Crippen molar-refractivity contribution in [1.82, 2.24) is 24.9 Å². The molecule has 4 rings (SSSR count). The Hall–Kier alpha value is -2.39. The lowest BCUT2D eigenvalue weighted by Gasteiger charge is -2.28. The summed E-state index contributed by atoms with van der Waals surface area (Å²) in [5.41, 5.74) is 1.02. The van der Waals surface area contributed by atoms with E-state index < -0.39 is 0 Å². The molecule has 0 spiro atoms. The maximum Gasteiger partial charge on any atom is 0.239 e. The number of benzene rings is 1. The van der Waals surface area contributed by atoms with Gasteiger partial charge in [0, 0.05) is 13.1 Å². The molecule has 0 saturated carbocycles. The summed E-state index contributed by atoms with van der Waals surface area (Å²) in [4.78, 5) is 6.53. The summed E-state index contributed by atoms with van der Waals surface area (Å²) in [5.74, 6) is 2.05. The maximum atomic E-state index is 5.47. The molecule has 136 valence electrons. The Morgan fingerprint density at radius 2 is 1.88 bits per heavy atom. The summed E-state index contributed by atoms with van der Waals surface area (Å²) in [6, 6.07) is 10.1. The van der Waals surface area contributed by atoms with E-state index in [1.807, 2.05) is 32.0 Å². The number of thioether (sulfide) groups is 1. The number of morpholine rings is 1. The topological polar surface area (TPSA) is 82.1 Å². The molecule has 1 aromatic carbocycles. The van der Waals surface area contributed by atoms with Crippen LogP contribution in [0, 0.1) is 6.92 Å². The highest BCUT2D eigenvalue weighted by molar-refractivity contribution is 7.99. The fraction of sp³-hybridized carbons (Fsp3) is 0.412. The van der Waals surface area contributed by atoms with Gasteiger partial charge in [-0.15, -0.1) is 10.2 Å². The highest BCUT2D eigenvalue weighted by atomic mass is 32.2. The predicted molar refractivity (Wildman–Crippen MR) is 97.7 cm³/mol. The van der Waals surface area contributed by atoms with Gasteiger partial charge in [0.2, 0.25) is 11.8 Å². The van der Waals surface area contributed by atoms with Crippen molar-refractivity contribution < 1.29 is 9.26 Å². The second kappa shape index (κ2) is 7.46. The van der Waals surface area contributed by atoms with Gasteiger partial charge >= 0.3 is 0 Å². The van der Waals surface area contributed by atoms with E-state index in [0.717, 1.165) is 29.9 Å². The lowest BCUT2D eigenvalue weighted by Crippen LogP contribution is -2.37. The van der Waals surface area contributed by atoms with Crippen LogP contribution in [0.5, 0.6) is 0 Å². The zero-order valence-electron chi connectivity index (χ0n) is 14.7. The summed E-state index contributed by atoms with van der Waals surface area (Å²) < 4.78 is 12.8. The molecule has 1 aliphatic heterocycles. The molecule has 0 amide bonds. The summed E-state index contributed by atoms with van der Waals surface area (Å²) >= 11 is 1.55. The van der Waals surface area contributed by atoms with Crippen LogP contribution in [0.15, 0.2) is 40.0 Å². The number of hydrogen-bond acceptors (Lipinski definition) is 8. The highest BCUT2D eigenvalue weighted by Crippen LogP contribution is 2.36. The molecule has 26 heavy (non-hydrogen) atoms. The fourth-order valence-electron chi connectivity index (χ4n) is 2.80. The quantitative estimate of drug-likeness (QED) is 0.632. The average molecular weight is 372 g/mol. The zero-order valence-corrected chi connectivity index (χ0v) is 15.5. The monoisotopic (exact) mass is 372 g/mol. The highest BCUT2D eigenvalue weighted by Gasteiger charge is 2.24. The third-order valence-corrected chi connectivity index (χ3v) is 5.13. The van der Waals surface area contributed by atoms with Crippen molar-refractivity contribution in [3.05, 3.63) is 42.0 Å². The fourth-order valence-corrected chi connectivity index (χ4v) is 3.69. The SMILES string of the molecule is Cc1noc(C(C)Sc2nnc(N3CCOCC3)n2-c2ccccc2)n1. The third kappa shape index (κ3) is 3.45. The van der Waals surface area contributed by atoms with E-state index in [1.165, 1.54) is 0 Å². The second-order valence-electron chi connectivity index (χ2n) is 5.99. The number of aromatic nitrogens is 5. The van der Waals surface area contributed by atoms with Crippen molar-refractivity contribution in [2.45, 2.75) is 24.3 Å². The third-order valence-electron chi connectivity index (χ3n) is 4.10. The van der Waals surface area contributed by atoms with Gasteiger partial charge in [0.25, 0.3) is 0 Å². The van der Waals surface area contributed by atoms with Crippen molar-refractivity contribution >= 4 is 17.7 Å². The maximum absolute atomic E-state index is 5.47. The van der Waals surface area contributed by atoms with Gasteiger partial charge in [0.15, 0.2) is 11.0 Å². The molecule has 1 atom stereocenters. The van der Waals surface area contributed by atoms with E-state index in [0.29, 0.717) is 24.9 Å². The molecule has 9 heteroatoms. The van der Waals surface area contributed by atoms with Crippen LogP contribution in [0.4, 0.5) is 5.95 Å². The van der Waals surface area contributed by atoms with Gasteiger partial charge in [0.05, 0.1) is 24.2 Å². The van der Waals surface area contributed by atoms with Crippen molar-refractivity contribution in [1.29, 1.82) is 0 Å². The average Bonchev–Trinajstić information content (AvgIpc) is 3.29. The van der Waals surface area contributed by atoms with E-state index in [2.05, 4.69) is 41.9 Å². The van der Waals surface area contributed by atoms with Crippen LogP contribution in [0.3, 0.4) is 0 Å². The number of anilines is 1. The predicted octanol–water partition coefficient (Wildman–Crippen LogP) is 2.65. The molecule has 8 nitrogen and oxygen atoms in total. The zero-order chi connectivity index (χ0) is 17.9. The molecule has 0 radical (unpaired) electrons. The molecule has 1 saturated heterocycles. The molecular weight excluding hydrogens is 352 g/mol. The minimum atomic E-state index is -0.0274. The molecule has 2 aromatic heterocycles. The van der Waals surface area contributed by atoms with Gasteiger partial charge < -0.3 is 14.2 Å².